The second-order valence-electron chi connectivity index (χ2n) is 9.00. The van der Waals surface area contributed by atoms with E-state index < -0.39 is 11.9 Å². The average molecular weight is 522 g/mol. The Hall–Kier alpha value is -4.55. The molecule has 0 aliphatic heterocycles. The molecule has 0 atom stereocenters. The fraction of sp³-hybridized carbons (Fsp3) is 0.280. The van der Waals surface area contributed by atoms with Crippen molar-refractivity contribution < 1.29 is 17.9 Å². The van der Waals surface area contributed by atoms with E-state index in [9.17, 15) is 13.2 Å². The number of benzene rings is 1. The van der Waals surface area contributed by atoms with Crippen molar-refractivity contribution in [2.75, 3.05) is 12.4 Å². The molecular formula is C25H22F3N9O. The normalized spacial score (nSPS) is 13.7. The summed E-state index contributed by atoms with van der Waals surface area (Å²) in [5.41, 5.74) is 2.96. The molecule has 5 aromatic rings. The van der Waals surface area contributed by atoms with Crippen LogP contribution in [0.15, 0.2) is 49.1 Å². The van der Waals surface area contributed by atoms with Crippen molar-refractivity contribution in [3.63, 3.8) is 0 Å². The second-order valence-corrected chi connectivity index (χ2v) is 9.00. The third-order valence-electron chi connectivity index (χ3n) is 6.30. The first-order valence-electron chi connectivity index (χ1n) is 11.9. The summed E-state index contributed by atoms with van der Waals surface area (Å²) in [4.78, 5) is 17.9. The number of hydrogen-bond donors (Lipinski definition) is 1. The Morgan fingerprint density at radius 2 is 1.87 bits per heavy atom. The zero-order valence-electron chi connectivity index (χ0n) is 20.4. The summed E-state index contributed by atoms with van der Waals surface area (Å²) in [6.07, 6.45) is 2.44. The van der Waals surface area contributed by atoms with Crippen molar-refractivity contribution in [2.45, 2.75) is 38.4 Å². The Bertz CT molecular complexity index is 1620. The number of hydrogen-bond acceptors (Lipinski definition) is 8. The number of nitrogens with one attached hydrogen (secondary N) is 1. The van der Waals surface area contributed by atoms with E-state index >= 15 is 0 Å². The summed E-state index contributed by atoms with van der Waals surface area (Å²) >= 11 is 0. The Kier molecular flexibility index (Phi) is 5.69. The van der Waals surface area contributed by atoms with E-state index in [1.807, 2.05) is 12.1 Å². The fourth-order valence-corrected chi connectivity index (χ4v) is 4.28. The van der Waals surface area contributed by atoms with Gasteiger partial charge in [0.25, 0.3) is 0 Å². The van der Waals surface area contributed by atoms with Gasteiger partial charge in [0.15, 0.2) is 23.0 Å². The first-order chi connectivity index (χ1) is 18.3. The Labute approximate surface area is 214 Å². The van der Waals surface area contributed by atoms with Crippen molar-refractivity contribution in [2.24, 2.45) is 0 Å². The molecule has 194 valence electrons. The van der Waals surface area contributed by atoms with Gasteiger partial charge in [-0.2, -0.15) is 18.3 Å². The molecule has 0 amide bonds. The number of imidazole rings is 1. The standard InChI is InChI=1S/C25H22F3N9O/c1-14-11-18(25(26,27)28)34-37(14)17-7-3-15(4-8-17)12-30-22-23-29-9-10-36(23)35-21(33-22)19-20(16-5-6-16)31-13-32-24(19)38-2/h3-4,7-11,13,16H,5-6,12H2,1-2H3,(H,30,33,35). The molecule has 0 saturated heterocycles. The number of rotatable bonds is 7. The van der Waals surface area contributed by atoms with E-state index in [1.165, 1.54) is 11.0 Å². The molecule has 0 spiro atoms. The van der Waals surface area contributed by atoms with Crippen LogP contribution < -0.4 is 10.1 Å². The van der Waals surface area contributed by atoms with E-state index in [0.717, 1.165) is 30.2 Å². The van der Waals surface area contributed by atoms with Crippen LogP contribution in [0.4, 0.5) is 19.0 Å². The van der Waals surface area contributed by atoms with Gasteiger partial charge in [0.2, 0.25) is 5.88 Å². The average Bonchev–Trinajstić information content (AvgIpc) is 3.51. The van der Waals surface area contributed by atoms with E-state index in [2.05, 4.69) is 30.5 Å². The molecule has 6 rings (SSSR count). The molecule has 1 saturated carbocycles. The van der Waals surface area contributed by atoms with E-state index in [0.29, 0.717) is 52.6 Å². The molecule has 0 unspecified atom stereocenters. The van der Waals surface area contributed by atoms with Crippen molar-refractivity contribution in [3.05, 3.63) is 71.7 Å². The predicted octanol–water partition coefficient (Wildman–Crippen LogP) is 4.59. The first-order valence-corrected chi connectivity index (χ1v) is 11.9. The van der Waals surface area contributed by atoms with Crippen molar-refractivity contribution >= 4 is 11.5 Å². The number of aryl methyl sites for hydroxylation is 1. The highest BCUT2D eigenvalue weighted by molar-refractivity contribution is 5.70. The minimum atomic E-state index is -4.50. The third-order valence-corrected chi connectivity index (χ3v) is 6.30. The molecule has 4 heterocycles. The van der Waals surface area contributed by atoms with Gasteiger partial charge in [-0.25, -0.2) is 29.1 Å². The van der Waals surface area contributed by atoms with E-state index in [4.69, 9.17) is 9.72 Å². The Morgan fingerprint density at radius 3 is 2.55 bits per heavy atom. The van der Waals surface area contributed by atoms with Crippen LogP contribution in [-0.4, -0.2) is 46.4 Å². The predicted molar refractivity (Wildman–Crippen MR) is 131 cm³/mol. The molecule has 0 bridgehead atoms. The van der Waals surface area contributed by atoms with Crippen molar-refractivity contribution in [3.8, 4) is 23.0 Å². The van der Waals surface area contributed by atoms with Gasteiger partial charge in [-0.3, -0.25) is 0 Å². The van der Waals surface area contributed by atoms with Crippen LogP contribution >= 0.6 is 0 Å². The van der Waals surface area contributed by atoms with Crippen LogP contribution in [0.1, 0.15) is 41.4 Å². The lowest BCUT2D eigenvalue weighted by Crippen LogP contribution is -2.10. The number of alkyl halides is 3. The SMILES string of the molecule is COc1ncnc(C2CC2)c1-c1nc(NCc2ccc(-n3nc(C(F)(F)F)cc3C)cc2)c2nccn2n1. The van der Waals surface area contributed by atoms with Crippen molar-refractivity contribution in [1.29, 1.82) is 0 Å². The van der Waals surface area contributed by atoms with Crippen LogP contribution in [0.25, 0.3) is 22.7 Å². The number of ether oxygens (including phenoxy) is 1. The topological polar surface area (TPSA) is 108 Å². The molecule has 38 heavy (non-hydrogen) atoms. The van der Waals surface area contributed by atoms with Gasteiger partial charge in [0, 0.05) is 30.6 Å². The molecule has 10 nitrogen and oxygen atoms in total. The molecule has 1 aromatic carbocycles. The zero-order valence-corrected chi connectivity index (χ0v) is 20.4. The maximum atomic E-state index is 13.0. The zero-order chi connectivity index (χ0) is 26.4. The number of aromatic nitrogens is 8. The first kappa shape index (κ1) is 23.8. The quantitative estimate of drug-likeness (QED) is 0.331. The lowest BCUT2D eigenvalue weighted by molar-refractivity contribution is -0.141. The summed E-state index contributed by atoms with van der Waals surface area (Å²) in [5.74, 6) is 1.66. The lowest BCUT2D eigenvalue weighted by Gasteiger charge is -2.13. The highest BCUT2D eigenvalue weighted by Crippen LogP contribution is 2.45. The highest BCUT2D eigenvalue weighted by atomic mass is 19.4. The van der Waals surface area contributed by atoms with E-state index in [1.54, 1.807) is 43.1 Å². The van der Waals surface area contributed by atoms with Crippen LogP contribution in [0.2, 0.25) is 0 Å². The maximum absolute atomic E-state index is 13.0. The monoisotopic (exact) mass is 521 g/mol. The Balaban J connectivity index is 1.28. The molecular weight excluding hydrogens is 499 g/mol. The highest BCUT2D eigenvalue weighted by Gasteiger charge is 2.34. The fourth-order valence-electron chi connectivity index (χ4n) is 4.28. The van der Waals surface area contributed by atoms with Crippen LogP contribution in [0.5, 0.6) is 5.88 Å². The van der Waals surface area contributed by atoms with Gasteiger partial charge in [-0.05, 0) is 43.5 Å². The largest absolute Gasteiger partial charge is 0.480 e. The smallest absolute Gasteiger partial charge is 0.435 e. The van der Waals surface area contributed by atoms with Gasteiger partial charge < -0.3 is 10.1 Å². The van der Waals surface area contributed by atoms with Crippen LogP contribution in [0.3, 0.4) is 0 Å². The van der Waals surface area contributed by atoms with Gasteiger partial charge in [-0.15, -0.1) is 5.10 Å². The number of methoxy groups -OCH3 is 1. The molecule has 1 N–H and O–H groups in total. The Morgan fingerprint density at radius 1 is 1.08 bits per heavy atom. The third kappa shape index (κ3) is 4.40. The molecule has 1 fully saturated rings. The summed E-state index contributed by atoms with van der Waals surface area (Å²) in [7, 11) is 1.55. The number of fused-ring (bicyclic) bond motifs is 1. The van der Waals surface area contributed by atoms with E-state index in [-0.39, 0.29) is 0 Å². The minimum absolute atomic E-state index is 0.324. The summed E-state index contributed by atoms with van der Waals surface area (Å²) in [6, 6.07) is 8.12. The van der Waals surface area contributed by atoms with Crippen molar-refractivity contribution in [1.82, 2.24) is 39.3 Å². The number of halogens is 3. The molecule has 4 aromatic heterocycles. The summed E-state index contributed by atoms with van der Waals surface area (Å²) in [5, 5.41) is 11.6. The molecule has 1 aliphatic carbocycles. The van der Waals surface area contributed by atoms with Gasteiger partial charge in [-0.1, -0.05) is 12.1 Å². The maximum Gasteiger partial charge on any atom is 0.435 e. The molecule has 1 aliphatic rings. The number of nitrogens with zero attached hydrogens (tertiary/aromatic N) is 8. The summed E-state index contributed by atoms with van der Waals surface area (Å²) in [6.45, 7) is 1.98. The molecule has 13 heteroatoms. The van der Waals surface area contributed by atoms with Gasteiger partial charge >= 0.3 is 6.18 Å². The summed E-state index contributed by atoms with van der Waals surface area (Å²) < 4.78 is 47.5. The van der Waals surface area contributed by atoms with Gasteiger partial charge in [0.05, 0.1) is 18.5 Å². The van der Waals surface area contributed by atoms with Crippen LogP contribution in [0, 0.1) is 6.92 Å². The van der Waals surface area contributed by atoms with Crippen LogP contribution in [-0.2, 0) is 12.7 Å². The number of anilines is 1. The second kappa shape index (κ2) is 9.08. The van der Waals surface area contributed by atoms with Gasteiger partial charge in [0.1, 0.15) is 11.9 Å². The minimum Gasteiger partial charge on any atom is -0.480 e. The lowest BCUT2D eigenvalue weighted by atomic mass is 10.1. The molecule has 0 radical (unpaired) electrons.